The number of rotatable bonds is 3. The summed E-state index contributed by atoms with van der Waals surface area (Å²) in [5.41, 5.74) is 2.81. The van der Waals surface area contributed by atoms with Crippen molar-refractivity contribution in [2.75, 3.05) is 11.9 Å². The molecule has 2 atom stereocenters. The van der Waals surface area contributed by atoms with E-state index in [9.17, 15) is 9.59 Å². The minimum absolute atomic E-state index is 0.251. The van der Waals surface area contributed by atoms with Crippen molar-refractivity contribution in [2.24, 2.45) is 5.92 Å². The summed E-state index contributed by atoms with van der Waals surface area (Å²) in [7, 11) is 0. The Morgan fingerprint density at radius 1 is 1.17 bits per heavy atom. The number of hydrogen-bond acceptors (Lipinski definition) is 4. The highest BCUT2D eigenvalue weighted by atomic mass is 32.2. The normalized spacial score (nSPS) is 19.8. The number of carbonyl (C=O) groups excluding carboxylic acids is 2. The average Bonchev–Trinajstić information content (AvgIpc) is 2.71. The number of hydrogen-bond donors (Lipinski definition) is 1. The second kappa shape index (κ2) is 7.09. The van der Waals surface area contributed by atoms with Gasteiger partial charge in [-0.25, -0.2) is 0 Å². The van der Waals surface area contributed by atoms with Crippen LogP contribution in [0, 0.1) is 12.8 Å². The van der Waals surface area contributed by atoms with Crippen LogP contribution in [0.4, 0.5) is 5.69 Å². The molecule has 3 rings (SSSR count). The second-order valence-corrected chi connectivity index (χ2v) is 6.85. The SMILES string of the molecule is CCOC(=O)C1C(=O)Nc2ccccc2SC1c1ccc(C)cc1. The molecule has 24 heavy (non-hydrogen) atoms. The quantitative estimate of drug-likeness (QED) is 0.678. The Morgan fingerprint density at radius 2 is 1.88 bits per heavy atom. The van der Waals surface area contributed by atoms with Crippen LogP contribution in [0.15, 0.2) is 53.4 Å². The third-order valence-corrected chi connectivity index (χ3v) is 5.34. The molecule has 0 aliphatic carbocycles. The van der Waals surface area contributed by atoms with Gasteiger partial charge >= 0.3 is 5.97 Å². The van der Waals surface area contributed by atoms with Gasteiger partial charge in [0.15, 0.2) is 5.92 Å². The fraction of sp³-hybridized carbons (Fsp3) is 0.263. The first-order valence-corrected chi connectivity index (χ1v) is 8.78. The van der Waals surface area contributed by atoms with E-state index >= 15 is 0 Å². The monoisotopic (exact) mass is 341 g/mol. The smallest absolute Gasteiger partial charge is 0.320 e. The summed E-state index contributed by atoms with van der Waals surface area (Å²) in [5, 5.41) is 2.54. The first-order chi connectivity index (χ1) is 11.6. The van der Waals surface area contributed by atoms with Crippen LogP contribution in [0.5, 0.6) is 0 Å². The summed E-state index contributed by atoms with van der Waals surface area (Å²) in [4.78, 5) is 26.1. The molecule has 0 saturated carbocycles. The van der Waals surface area contributed by atoms with E-state index in [1.807, 2.05) is 55.5 Å². The van der Waals surface area contributed by atoms with Crippen LogP contribution in [-0.2, 0) is 14.3 Å². The van der Waals surface area contributed by atoms with E-state index in [4.69, 9.17) is 4.74 Å². The van der Waals surface area contributed by atoms with Crippen molar-refractivity contribution in [3.8, 4) is 0 Å². The third kappa shape index (κ3) is 3.31. The van der Waals surface area contributed by atoms with E-state index in [0.29, 0.717) is 0 Å². The van der Waals surface area contributed by atoms with Gasteiger partial charge in [0.2, 0.25) is 5.91 Å². The molecule has 5 heteroatoms. The highest BCUT2D eigenvalue weighted by Gasteiger charge is 2.40. The maximum absolute atomic E-state index is 12.7. The summed E-state index contributed by atoms with van der Waals surface area (Å²) < 4.78 is 5.17. The van der Waals surface area contributed by atoms with Gasteiger partial charge in [-0.15, -0.1) is 11.8 Å². The number of amides is 1. The summed E-state index contributed by atoms with van der Waals surface area (Å²) in [5.74, 6) is -1.69. The van der Waals surface area contributed by atoms with Crippen molar-refractivity contribution >= 4 is 29.3 Å². The van der Waals surface area contributed by atoms with Gasteiger partial charge in [-0.05, 0) is 31.5 Å². The molecule has 0 aromatic heterocycles. The molecule has 4 nitrogen and oxygen atoms in total. The van der Waals surface area contributed by atoms with Gasteiger partial charge in [-0.1, -0.05) is 42.0 Å². The zero-order valence-corrected chi connectivity index (χ0v) is 14.4. The van der Waals surface area contributed by atoms with Crippen LogP contribution < -0.4 is 5.32 Å². The molecule has 0 bridgehead atoms. The van der Waals surface area contributed by atoms with E-state index < -0.39 is 11.9 Å². The van der Waals surface area contributed by atoms with Crippen molar-refractivity contribution in [3.05, 3.63) is 59.7 Å². The van der Waals surface area contributed by atoms with Gasteiger partial charge in [0.25, 0.3) is 0 Å². The third-order valence-electron chi connectivity index (χ3n) is 3.93. The Kier molecular flexibility index (Phi) is 4.90. The molecule has 2 aromatic rings. The first-order valence-electron chi connectivity index (χ1n) is 7.90. The van der Waals surface area contributed by atoms with E-state index in [2.05, 4.69) is 5.32 Å². The van der Waals surface area contributed by atoms with E-state index in [1.54, 1.807) is 6.92 Å². The Morgan fingerprint density at radius 3 is 2.58 bits per heavy atom. The Hall–Kier alpha value is -2.27. The summed E-state index contributed by atoms with van der Waals surface area (Å²) in [6.07, 6.45) is 0. The molecule has 1 aliphatic rings. The van der Waals surface area contributed by atoms with Crippen LogP contribution in [0.2, 0.25) is 0 Å². The minimum Gasteiger partial charge on any atom is -0.465 e. The molecule has 1 N–H and O–H groups in total. The van der Waals surface area contributed by atoms with Crippen molar-refractivity contribution in [3.63, 3.8) is 0 Å². The lowest BCUT2D eigenvalue weighted by molar-refractivity contribution is -0.150. The maximum atomic E-state index is 12.7. The molecule has 0 saturated heterocycles. The number of aryl methyl sites for hydroxylation is 1. The van der Waals surface area contributed by atoms with Crippen molar-refractivity contribution in [1.29, 1.82) is 0 Å². The predicted molar refractivity (Wildman–Crippen MR) is 95.0 cm³/mol. The molecule has 0 spiro atoms. The molecule has 0 radical (unpaired) electrons. The lowest BCUT2D eigenvalue weighted by Crippen LogP contribution is -2.33. The van der Waals surface area contributed by atoms with Crippen LogP contribution >= 0.6 is 11.8 Å². The fourth-order valence-corrected chi connectivity index (χ4v) is 4.05. The zero-order chi connectivity index (χ0) is 17.1. The number of esters is 1. The number of carbonyl (C=O) groups is 2. The van der Waals surface area contributed by atoms with Crippen LogP contribution in [-0.4, -0.2) is 18.5 Å². The van der Waals surface area contributed by atoms with Crippen LogP contribution in [0.1, 0.15) is 23.3 Å². The van der Waals surface area contributed by atoms with Crippen molar-refractivity contribution in [2.45, 2.75) is 24.0 Å². The van der Waals surface area contributed by atoms with Gasteiger partial charge in [0.1, 0.15) is 0 Å². The van der Waals surface area contributed by atoms with Gasteiger partial charge < -0.3 is 10.1 Å². The van der Waals surface area contributed by atoms with E-state index in [1.165, 1.54) is 11.8 Å². The van der Waals surface area contributed by atoms with Gasteiger partial charge in [0, 0.05) is 4.90 Å². The van der Waals surface area contributed by atoms with Crippen LogP contribution in [0.3, 0.4) is 0 Å². The molecule has 1 aliphatic heterocycles. The van der Waals surface area contributed by atoms with E-state index in [-0.39, 0.29) is 17.8 Å². The summed E-state index contributed by atoms with van der Waals surface area (Å²) >= 11 is 1.52. The number of nitrogens with one attached hydrogen (secondary N) is 1. The fourth-order valence-electron chi connectivity index (χ4n) is 2.70. The number of fused-ring (bicyclic) bond motifs is 1. The number of benzene rings is 2. The van der Waals surface area contributed by atoms with Crippen molar-refractivity contribution < 1.29 is 14.3 Å². The number of ether oxygens (including phenoxy) is 1. The Balaban J connectivity index is 2.06. The standard InChI is InChI=1S/C19H19NO3S/c1-3-23-19(22)16-17(13-10-8-12(2)9-11-13)24-15-7-5-4-6-14(15)20-18(16)21/h4-11,16-17H,3H2,1-2H3,(H,20,21). The second-order valence-electron chi connectivity index (χ2n) is 5.66. The predicted octanol–water partition coefficient (Wildman–Crippen LogP) is 3.96. The molecule has 2 unspecified atom stereocenters. The number of anilines is 1. The summed E-state index contributed by atoms with van der Waals surface area (Å²) in [6, 6.07) is 15.5. The maximum Gasteiger partial charge on any atom is 0.320 e. The van der Waals surface area contributed by atoms with Gasteiger partial charge in [-0.2, -0.15) is 0 Å². The highest BCUT2D eigenvalue weighted by molar-refractivity contribution is 7.99. The first kappa shape index (κ1) is 16.6. The van der Waals surface area contributed by atoms with Crippen LogP contribution in [0.25, 0.3) is 0 Å². The van der Waals surface area contributed by atoms with Gasteiger partial charge in [-0.3, -0.25) is 9.59 Å². The lowest BCUT2D eigenvalue weighted by atomic mass is 9.97. The Bertz CT molecular complexity index is 757. The molecule has 124 valence electrons. The molecule has 1 amide bonds. The zero-order valence-electron chi connectivity index (χ0n) is 13.6. The lowest BCUT2D eigenvalue weighted by Gasteiger charge is -2.22. The highest BCUT2D eigenvalue weighted by Crippen LogP contribution is 2.46. The van der Waals surface area contributed by atoms with E-state index in [0.717, 1.165) is 21.7 Å². The number of thioether (sulfide) groups is 1. The minimum atomic E-state index is -0.884. The Labute approximate surface area is 145 Å². The largest absolute Gasteiger partial charge is 0.465 e. The molecular weight excluding hydrogens is 322 g/mol. The average molecular weight is 341 g/mol. The van der Waals surface area contributed by atoms with Gasteiger partial charge in [0.05, 0.1) is 17.5 Å². The molecular formula is C19H19NO3S. The molecule has 2 aromatic carbocycles. The van der Waals surface area contributed by atoms with Crippen molar-refractivity contribution in [1.82, 2.24) is 0 Å². The molecule has 0 fully saturated rings. The summed E-state index contributed by atoms with van der Waals surface area (Å²) in [6.45, 7) is 4.00. The number of para-hydroxylation sites is 1. The molecule has 1 heterocycles. The topological polar surface area (TPSA) is 55.4 Å².